The maximum Gasteiger partial charge on any atom is 0.251 e. The first kappa shape index (κ1) is 23.2. The zero-order valence-corrected chi connectivity index (χ0v) is 19.0. The van der Waals surface area contributed by atoms with E-state index in [9.17, 15) is 4.79 Å². The molecule has 3 rings (SSSR count). The van der Waals surface area contributed by atoms with Gasteiger partial charge in [0.1, 0.15) is 23.9 Å². The summed E-state index contributed by atoms with van der Waals surface area (Å²) in [6, 6.07) is 23.2. The van der Waals surface area contributed by atoms with Gasteiger partial charge < -0.3 is 19.5 Å². The summed E-state index contributed by atoms with van der Waals surface area (Å²) in [7, 11) is 1.63. The van der Waals surface area contributed by atoms with Gasteiger partial charge in [-0.25, -0.2) is 0 Å². The Kier molecular flexibility index (Phi) is 8.55. The monoisotopic (exact) mass is 433 g/mol. The minimum absolute atomic E-state index is 0.0632. The lowest BCUT2D eigenvalue weighted by Gasteiger charge is -2.16. The molecule has 0 fully saturated rings. The normalized spacial score (nSPS) is 11.5. The van der Waals surface area contributed by atoms with Crippen molar-refractivity contribution in [1.29, 1.82) is 0 Å². The van der Waals surface area contributed by atoms with Crippen LogP contribution in [0, 0.1) is 0 Å². The van der Waals surface area contributed by atoms with Crippen molar-refractivity contribution in [1.82, 2.24) is 5.32 Å². The van der Waals surface area contributed by atoms with Crippen LogP contribution in [0.1, 0.15) is 41.8 Å². The molecule has 3 aromatic carbocycles. The molecule has 0 aliphatic heterocycles. The van der Waals surface area contributed by atoms with E-state index >= 15 is 0 Å². The Labute approximate surface area is 190 Å². The highest BCUT2D eigenvalue weighted by Crippen LogP contribution is 2.24. The van der Waals surface area contributed by atoms with E-state index in [2.05, 4.69) is 17.4 Å². The van der Waals surface area contributed by atoms with Crippen molar-refractivity contribution in [3.8, 4) is 17.2 Å². The number of methoxy groups -OCH3 is 1. The third-order valence-corrected chi connectivity index (χ3v) is 5.16. The first-order valence-electron chi connectivity index (χ1n) is 11.0. The number of aryl methyl sites for hydroxylation is 1. The smallest absolute Gasteiger partial charge is 0.251 e. The topological polar surface area (TPSA) is 56.8 Å². The Morgan fingerprint density at radius 2 is 1.66 bits per heavy atom. The van der Waals surface area contributed by atoms with Crippen LogP contribution in [0.5, 0.6) is 17.2 Å². The van der Waals surface area contributed by atoms with Gasteiger partial charge in [-0.15, -0.1) is 0 Å². The van der Waals surface area contributed by atoms with E-state index in [1.807, 2.05) is 68.4 Å². The summed E-state index contributed by atoms with van der Waals surface area (Å²) in [6.07, 6.45) is 1.80. The summed E-state index contributed by atoms with van der Waals surface area (Å²) >= 11 is 0. The average Bonchev–Trinajstić information content (AvgIpc) is 2.83. The van der Waals surface area contributed by atoms with Crippen LogP contribution in [0.3, 0.4) is 0 Å². The second-order valence-corrected chi connectivity index (χ2v) is 7.62. The molecule has 0 radical (unpaired) electrons. The number of benzene rings is 3. The predicted molar refractivity (Wildman–Crippen MR) is 127 cm³/mol. The molecule has 3 aromatic rings. The SMILES string of the molecule is CCOc1ccc(C(=O)NC(C)CCc2ccccc2)cc1COc1ccc(OC)cc1. The molecule has 1 atom stereocenters. The van der Waals surface area contributed by atoms with Crippen molar-refractivity contribution in [2.75, 3.05) is 13.7 Å². The van der Waals surface area contributed by atoms with Gasteiger partial charge in [-0.1, -0.05) is 30.3 Å². The largest absolute Gasteiger partial charge is 0.497 e. The number of amides is 1. The fourth-order valence-corrected chi connectivity index (χ4v) is 3.37. The number of hydrogen-bond donors (Lipinski definition) is 1. The molecule has 0 saturated heterocycles. The highest BCUT2D eigenvalue weighted by atomic mass is 16.5. The summed E-state index contributed by atoms with van der Waals surface area (Å²) < 4.78 is 16.8. The Hall–Kier alpha value is -3.47. The highest BCUT2D eigenvalue weighted by Gasteiger charge is 2.14. The number of carbonyl (C=O) groups excluding carboxylic acids is 1. The van der Waals surface area contributed by atoms with Gasteiger partial charge in [0.25, 0.3) is 5.91 Å². The van der Waals surface area contributed by atoms with Crippen molar-refractivity contribution in [3.63, 3.8) is 0 Å². The Morgan fingerprint density at radius 3 is 2.34 bits per heavy atom. The van der Waals surface area contributed by atoms with Crippen LogP contribution >= 0.6 is 0 Å². The zero-order chi connectivity index (χ0) is 22.8. The molecule has 1 unspecified atom stereocenters. The average molecular weight is 434 g/mol. The Bertz CT molecular complexity index is 986. The van der Waals surface area contributed by atoms with Crippen LogP contribution in [0.2, 0.25) is 0 Å². The number of ether oxygens (including phenoxy) is 3. The molecule has 1 amide bonds. The molecule has 5 heteroatoms. The van der Waals surface area contributed by atoms with E-state index in [-0.39, 0.29) is 11.9 Å². The summed E-state index contributed by atoms with van der Waals surface area (Å²) in [5.74, 6) is 2.11. The quantitative estimate of drug-likeness (QED) is 0.438. The van der Waals surface area contributed by atoms with Gasteiger partial charge in [0.15, 0.2) is 0 Å². The molecule has 0 aliphatic rings. The van der Waals surface area contributed by atoms with E-state index in [0.29, 0.717) is 18.8 Å². The van der Waals surface area contributed by atoms with Crippen molar-refractivity contribution in [2.24, 2.45) is 0 Å². The molecule has 32 heavy (non-hydrogen) atoms. The third-order valence-electron chi connectivity index (χ3n) is 5.16. The first-order valence-corrected chi connectivity index (χ1v) is 11.0. The number of hydrogen-bond acceptors (Lipinski definition) is 4. The minimum atomic E-state index is -0.0979. The van der Waals surface area contributed by atoms with Crippen molar-refractivity contribution in [2.45, 2.75) is 39.3 Å². The number of carbonyl (C=O) groups is 1. The number of nitrogens with one attached hydrogen (secondary N) is 1. The van der Waals surface area contributed by atoms with E-state index < -0.39 is 0 Å². The number of rotatable bonds is 11. The molecule has 0 aromatic heterocycles. The molecule has 1 N–H and O–H groups in total. The predicted octanol–water partition coefficient (Wildman–Crippen LogP) is 5.42. The van der Waals surface area contributed by atoms with Gasteiger partial charge in [-0.3, -0.25) is 4.79 Å². The minimum Gasteiger partial charge on any atom is -0.497 e. The summed E-state index contributed by atoms with van der Waals surface area (Å²) in [5, 5.41) is 3.10. The van der Waals surface area contributed by atoms with E-state index in [1.165, 1.54) is 5.56 Å². The lowest BCUT2D eigenvalue weighted by molar-refractivity contribution is 0.0938. The van der Waals surface area contributed by atoms with Crippen LogP contribution in [0.4, 0.5) is 0 Å². The maximum absolute atomic E-state index is 12.8. The van der Waals surface area contributed by atoms with E-state index in [0.717, 1.165) is 35.7 Å². The van der Waals surface area contributed by atoms with Crippen molar-refractivity contribution < 1.29 is 19.0 Å². The molecule has 0 heterocycles. The van der Waals surface area contributed by atoms with Crippen LogP contribution in [-0.4, -0.2) is 25.7 Å². The Morgan fingerprint density at radius 1 is 0.938 bits per heavy atom. The summed E-state index contributed by atoms with van der Waals surface area (Å²) in [5.41, 5.74) is 2.69. The molecule has 168 valence electrons. The molecule has 0 aliphatic carbocycles. The van der Waals surface area contributed by atoms with Gasteiger partial charge in [-0.05, 0) is 74.7 Å². The van der Waals surface area contributed by atoms with Gasteiger partial charge in [0, 0.05) is 17.2 Å². The standard InChI is InChI=1S/C27H31NO4/c1-4-31-26-17-12-22(18-23(26)19-32-25-15-13-24(30-3)14-16-25)27(29)28-20(2)10-11-21-8-6-5-7-9-21/h5-9,12-18,20H,4,10-11,19H2,1-3H3,(H,28,29). The first-order chi connectivity index (χ1) is 15.6. The van der Waals surface area contributed by atoms with Crippen LogP contribution in [-0.2, 0) is 13.0 Å². The van der Waals surface area contributed by atoms with Crippen molar-refractivity contribution >= 4 is 5.91 Å². The molecule has 0 saturated carbocycles. The second kappa shape index (κ2) is 11.8. The third kappa shape index (κ3) is 6.77. The summed E-state index contributed by atoms with van der Waals surface area (Å²) in [6.45, 7) is 4.80. The summed E-state index contributed by atoms with van der Waals surface area (Å²) in [4.78, 5) is 12.8. The second-order valence-electron chi connectivity index (χ2n) is 7.62. The fraction of sp³-hybridized carbons (Fsp3) is 0.296. The fourth-order valence-electron chi connectivity index (χ4n) is 3.37. The zero-order valence-electron chi connectivity index (χ0n) is 19.0. The van der Waals surface area contributed by atoms with Gasteiger partial charge >= 0.3 is 0 Å². The van der Waals surface area contributed by atoms with E-state index in [4.69, 9.17) is 14.2 Å². The lowest BCUT2D eigenvalue weighted by Crippen LogP contribution is -2.33. The van der Waals surface area contributed by atoms with Gasteiger partial charge in [0.05, 0.1) is 13.7 Å². The Balaban J connectivity index is 1.63. The van der Waals surface area contributed by atoms with Crippen LogP contribution in [0.15, 0.2) is 72.8 Å². The molecule has 5 nitrogen and oxygen atoms in total. The lowest BCUT2D eigenvalue weighted by atomic mass is 10.1. The van der Waals surface area contributed by atoms with E-state index in [1.54, 1.807) is 13.2 Å². The maximum atomic E-state index is 12.8. The van der Waals surface area contributed by atoms with Crippen LogP contribution < -0.4 is 19.5 Å². The van der Waals surface area contributed by atoms with Crippen LogP contribution in [0.25, 0.3) is 0 Å². The van der Waals surface area contributed by atoms with Crippen molar-refractivity contribution in [3.05, 3.63) is 89.5 Å². The highest BCUT2D eigenvalue weighted by molar-refractivity contribution is 5.94. The van der Waals surface area contributed by atoms with Gasteiger partial charge in [0.2, 0.25) is 0 Å². The van der Waals surface area contributed by atoms with Gasteiger partial charge in [-0.2, -0.15) is 0 Å². The molecular weight excluding hydrogens is 402 g/mol. The molecular formula is C27H31NO4. The molecule has 0 spiro atoms. The molecule has 0 bridgehead atoms.